The van der Waals surface area contributed by atoms with Gasteiger partial charge in [-0.25, -0.2) is 10.3 Å². The molecule has 3 rings (SSSR count). The highest BCUT2D eigenvalue weighted by molar-refractivity contribution is 7.99. The Morgan fingerprint density at radius 3 is 2.88 bits per heavy atom. The van der Waals surface area contributed by atoms with Gasteiger partial charge in [-0.05, 0) is 36.2 Å². The molecule has 0 saturated heterocycles. The Bertz CT molecular complexity index is 776. The molecular formula is C18H23N5O2S. The molecule has 138 valence electrons. The van der Waals surface area contributed by atoms with Crippen molar-refractivity contribution in [2.24, 2.45) is 5.10 Å². The molecule has 1 amide bonds. The molecule has 0 fully saturated rings. The van der Waals surface area contributed by atoms with E-state index in [0.717, 1.165) is 5.69 Å². The van der Waals surface area contributed by atoms with Crippen LogP contribution in [0.3, 0.4) is 0 Å². The van der Waals surface area contributed by atoms with E-state index in [4.69, 9.17) is 4.74 Å². The van der Waals surface area contributed by atoms with Gasteiger partial charge in [-0.15, -0.1) is 17.3 Å². The van der Waals surface area contributed by atoms with Gasteiger partial charge in [0.1, 0.15) is 12.9 Å². The van der Waals surface area contributed by atoms with Gasteiger partial charge in [0.05, 0.1) is 6.54 Å². The number of hydrazone groups is 1. The lowest BCUT2D eigenvalue weighted by atomic mass is 10.1. The van der Waals surface area contributed by atoms with Gasteiger partial charge >= 0.3 is 6.09 Å². The molecule has 7 nitrogen and oxygen atoms in total. The van der Waals surface area contributed by atoms with Crippen molar-refractivity contribution in [3.8, 4) is 0 Å². The Morgan fingerprint density at radius 2 is 2.12 bits per heavy atom. The molecule has 1 aliphatic heterocycles. The highest BCUT2D eigenvalue weighted by Crippen LogP contribution is 2.25. The first-order chi connectivity index (χ1) is 12.7. The molecule has 0 atom stereocenters. The first-order valence-corrected chi connectivity index (χ1v) is 9.21. The maximum Gasteiger partial charge on any atom is 0.411 e. The Balaban J connectivity index is 0.00000261. The van der Waals surface area contributed by atoms with Crippen molar-refractivity contribution in [1.82, 2.24) is 16.1 Å². The summed E-state index contributed by atoms with van der Waals surface area (Å²) in [4.78, 5) is 12.9. The van der Waals surface area contributed by atoms with Crippen molar-refractivity contribution in [1.29, 1.82) is 0 Å². The van der Waals surface area contributed by atoms with Crippen LogP contribution < -0.4 is 16.4 Å². The fourth-order valence-electron chi connectivity index (χ4n) is 2.43. The molecular weight excluding hydrogens is 350 g/mol. The van der Waals surface area contributed by atoms with Crippen LogP contribution in [0, 0.1) is 6.92 Å². The molecule has 1 heterocycles. The lowest BCUT2D eigenvalue weighted by Gasteiger charge is -2.17. The average Bonchev–Trinajstić information content (AvgIpc) is 3.15. The maximum atomic E-state index is 11.8. The molecule has 8 heteroatoms. The first-order valence-electron chi connectivity index (χ1n) is 8.23. The third-order valence-corrected chi connectivity index (χ3v) is 4.91. The number of rotatable bonds is 7. The quantitative estimate of drug-likeness (QED) is 0.510. The number of hydrogen-bond acceptors (Lipinski definition) is 7. The van der Waals surface area contributed by atoms with E-state index in [1.54, 1.807) is 18.1 Å². The number of thioether (sulfide) groups is 1. The van der Waals surface area contributed by atoms with Crippen LogP contribution in [0.4, 0.5) is 10.5 Å². The van der Waals surface area contributed by atoms with E-state index in [2.05, 4.69) is 40.5 Å². The third kappa shape index (κ3) is 5.14. The van der Waals surface area contributed by atoms with E-state index in [-0.39, 0.29) is 1.43 Å². The Hall–Kier alpha value is -2.71. The SMILES string of the molecule is Cc1c(CN2C=NNN2)cccc1SCCOC(=O)Nc1ccccc1.[HH]. The summed E-state index contributed by atoms with van der Waals surface area (Å²) in [5.41, 5.74) is 8.76. The van der Waals surface area contributed by atoms with Gasteiger partial charge in [0, 0.05) is 17.8 Å². The molecule has 0 aliphatic carbocycles. The molecule has 0 bridgehead atoms. The Labute approximate surface area is 158 Å². The largest absolute Gasteiger partial charge is 0.448 e. The van der Waals surface area contributed by atoms with Crippen molar-refractivity contribution in [3.63, 3.8) is 0 Å². The van der Waals surface area contributed by atoms with Crippen LogP contribution in [-0.2, 0) is 11.3 Å². The van der Waals surface area contributed by atoms with Gasteiger partial charge < -0.3 is 4.74 Å². The predicted molar refractivity (Wildman–Crippen MR) is 106 cm³/mol. The number of nitrogens with zero attached hydrogens (tertiary/aromatic N) is 2. The molecule has 0 spiro atoms. The topological polar surface area (TPSA) is 78.0 Å². The van der Waals surface area contributed by atoms with Crippen LogP contribution in [0.1, 0.15) is 12.6 Å². The Kier molecular flexibility index (Phi) is 6.34. The minimum absolute atomic E-state index is 0. The summed E-state index contributed by atoms with van der Waals surface area (Å²) in [7, 11) is 0. The first kappa shape index (κ1) is 18.1. The summed E-state index contributed by atoms with van der Waals surface area (Å²) in [6.07, 6.45) is 1.27. The zero-order chi connectivity index (χ0) is 18.2. The van der Waals surface area contributed by atoms with Crippen LogP contribution in [-0.4, -0.2) is 29.8 Å². The maximum absolute atomic E-state index is 11.8. The van der Waals surface area contributed by atoms with Crippen molar-refractivity contribution in [3.05, 3.63) is 59.7 Å². The molecule has 26 heavy (non-hydrogen) atoms. The second-order valence-corrected chi connectivity index (χ2v) is 6.75. The van der Waals surface area contributed by atoms with Crippen LogP contribution in [0.25, 0.3) is 0 Å². The van der Waals surface area contributed by atoms with Gasteiger partial charge in [-0.1, -0.05) is 30.3 Å². The minimum atomic E-state index is -0.436. The summed E-state index contributed by atoms with van der Waals surface area (Å²) in [6.45, 7) is 3.16. The molecule has 2 aromatic carbocycles. The number of hydrogen-bond donors (Lipinski definition) is 3. The van der Waals surface area contributed by atoms with E-state index >= 15 is 0 Å². The monoisotopic (exact) mass is 373 g/mol. The minimum Gasteiger partial charge on any atom is -0.448 e. The number of benzene rings is 2. The summed E-state index contributed by atoms with van der Waals surface area (Å²) >= 11 is 1.67. The number of ether oxygens (including phenoxy) is 1. The van der Waals surface area contributed by atoms with Gasteiger partial charge in [-0.2, -0.15) is 5.10 Å². The van der Waals surface area contributed by atoms with E-state index in [9.17, 15) is 4.79 Å². The number of amides is 1. The summed E-state index contributed by atoms with van der Waals surface area (Å²) in [5.74, 6) is 0.692. The zero-order valence-electron chi connectivity index (χ0n) is 14.4. The van der Waals surface area contributed by atoms with E-state index in [1.807, 2.05) is 41.4 Å². The number of nitrogens with one attached hydrogen (secondary N) is 3. The Morgan fingerprint density at radius 1 is 1.27 bits per heavy atom. The lowest BCUT2D eigenvalue weighted by Crippen LogP contribution is -2.36. The van der Waals surface area contributed by atoms with E-state index in [1.165, 1.54) is 16.0 Å². The van der Waals surface area contributed by atoms with Gasteiger partial charge in [-0.3, -0.25) is 10.3 Å². The number of carbonyl (C=O) groups excluding carboxylic acids is 1. The second kappa shape index (κ2) is 9.12. The summed E-state index contributed by atoms with van der Waals surface area (Å²) < 4.78 is 5.23. The normalized spacial score (nSPS) is 12.7. The number of anilines is 1. The van der Waals surface area contributed by atoms with Crippen molar-refractivity contribution < 1.29 is 11.0 Å². The second-order valence-electron chi connectivity index (χ2n) is 5.61. The standard InChI is InChI=1S/C18H21N5O2S.H2/c1-14-15(12-23-13-19-21-22-23)6-5-9-17(14)26-11-10-25-18(24)20-16-7-3-2-4-8-16;/h2-9,13,21-22H,10-12H2,1H3,(H,20,24);1H. The van der Waals surface area contributed by atoms with E-state index < -0.39 is 6.09 Å². The highest BCUT2D eigenvalue weighted by atomic mass is 32.2. The molecule has 1 aliphatic rings. The fourth-order valence-corrected chi connectivity index (χ4v) is 3.34. The molecule has 0 unspecified atom stereocenters. The molecule has 0 aromatic heterocycles. The predicted octanol–water partition coefficient (Wildman–Crippen LogP) is 3.35. The smallest absolute Gasteiger partial charge is 0.411 e. The number of hydrazine groups is 2. The van der Waals surface area contributed by atoms with Crippen LogP contribution in [0.2, 0.25) is 0 Å². The van der Waals surface area contributed by atoms with Crippen LogP contribution >= 0.6 is 11.8 Å². The molecule has 2 aromatic rings. The molecule has 0 saturated carbocycles. The number of carbonyl (C=O) groups is 1. The average molecular weight is 373 g/mol. The zero-order valence-corrected chi connectivity index (χ0v) is 15.3. The van der Waals surface area contributed by atoms with Crippen molar-refractivity contribution >= 4 is 29.9 Å². The highest BCUT2D eigenvalue weighted by Gasteiger charge is 2.10. The van der Waals surface area contributed by atoms with Gasteiger partial charge in [0.15, 0.2) is 0 Å². The summed E-state index contributed by atoms with van der Waals surface area (Å²) in [5, 5.41) is 8.47. The van der Waals surface area contributed by atoms with Crippen molar-refractivity contribution in [2.75, 3.05) is 17.7 Å². The lowest BCUT2D eigenvalue weighted by molar-refractivity contribution is 0.169. The van der Waals surface area contributed by atoms with E-state index in [0.29, 0.717) is 18.9 Å². The fraction of sp³-hybridized carbons (Fsp3) is 0.222. The summed E-state index contributed by atoms with van der Waals surface area (Å²) in [6, 6.07) is 15.5. The third-order valence-electron chi connectivity index (χ3n) is 3.79. The number of para-hydroxylation sites is 1. The van der Waals surface area contributed by atoms with Gasteiger partial charge in [0.25, 0.3) is 0 Å². The molecule has 0 radical (unpaired) electrons. The van der Waals surface area contributed by atoms with Gasteiger partial charge in [0.2, 0.25) is 0 Å². The van der Waals surface area contributed by atoms with Crippen molar-refractivity contribution in [2.45, 2.75) is 18.4 Å². The van der Waals surface area contributed by atoms with Crippen LogP contribution in [0.5, 0.6) is 0 Å². The molecule has 3 N–H and O–H groups in total. The van der Waals surface area contributed by atoms with Crippen LogP contribution in [0.15, 0.2) is 58.5 Å².